The van der Waals surface area contributed by atoms with Crippen molar-refractivity contribution in [3.8, 4) is 5.69 Å². The van der Waals surface area contributed by atoms with Crippen LogP contribution in [-0.2, 0) is 0 Å². The van der Waals surface area contributed by atoms with Crippen LogP contribution in [0.25, 0.3) is 16.5 Å². The maximum Gasteiger partial charge on any atom is 0.292 e. The minimum absolute atomic E-state index is 0.0366. The van der Waals surface area contributed by atoms with Gasteiger partial charge in [0.15, 0.2) is 5.69 Å². The van der Waals surface area contributed by atoms with Crippen molar-refractivity contribution in [2.75, 3.05) is 0 Å². The lowest BCUT2D eigenvalue weighted by molar-refractivity contribution is 0.0950. The monoisotopic (exact) mass is 396 g/mol. The first-order chi connectivity index (χ1) is 14.6. The topological polar surface area (TPSA) is 76.3 Å². The lowest BCUT2D eigenvalue weighted by Crippen LogP contribution is -2.28. The Morgan fingerprint density at radius 2 is 1.53 bits per heavy atom. The number of rotatable bonds is 5. The Hall–Kier alpha value is -4.06. The van der Waals surface area contributed by atoms with Crippen molar-refractivity contribution in [3.63, 3.8) is 0 Å². The van der Waals surface area contributed by atoms with Gasteiger partial charge < -0.3 is 0 Å². The van der Waals surface area contributed by atoms with Crippen LogP contribution in [0.5, 0.6) is 0 Å². The second kappa shape index (κ2) is 8.53. The van der Waals surface area contributed by atoms with Gasteiger partial charge >= 0.3 is 0 Å². The van der Waals surface area contributed by atoms with Gasteiger partial charge in [0.1, 0.15) is 0 Å². The molecule has 1 N–H and O–H groups in total. The highest BCUT2D eigenvalue weighted by atomic mass is 16.2. The predicted octanol–water partition coefficient (Wildman–Crippen LogP) is 3.91. The molecular formula is C24H20N4O2. The summed E-state index contributed by atoms with van der Waals surface area (Å²) >= 11 is 0. The molecule has 1 aromatic heterocycles. The number of hydrazone groups is 1. The van der Waals surface area contributed by atoms with Gasteiger partial charge in [-0.3, -0.25) is 9.59 Å². The molecule has 6 nitrogen and oxygen atoms in total. The summed E-state index contributed by atoms with van der Waals surface area (Å²) in [7, 11) is 0. The summed E-state index contributed by atoms with van der Waals surface area (Å²) in [4.78, 5) is 25.8. The number of para-hydroxylation sites is 1. The van der Waals surface area contributed by atoms with E-state index in [4.69, 9.17) is 0 Å². The number of hydrogen-bond donors (Lipinski definition) is 1. The summed E-state index contributed by atoms with van der Waals surface area (Å²) in [5.74, 6) is -0.443. The van der Waals surface area contributed by atoms with Crippen LogP contribution >= 0.6 is 0 Å². The number of hydrogen-bond acceptors (Lipinski definition) is 4. The molecule has 0 spiro atoms. The molecule has 0 aliphatic carbocycles. The van der Waals surface area contributed by atoms with Gasteiger partial charge in [-0.1, -0.05) is 73.7 Å². The number of nitrogens with zero attached hydrogens (tertiary/aromatic N) is 3. The summed E-state index contributed by atoms with van der Waals surface area (Å²) in [5, 5.41) is 9.35. The van der Waals surface area contributed by atoms with E-state index in [1.54, 1.807) is 42.6 Å². The molecule has 0 aliphatic heterocycles. The number of nitrogens with one attached hydrogen (secondary N) is 1. The van der Waals surface area contributed by atoms with Crippen LogP contribution in [0.4, 0.5) is 0 Å². The largest absolute Gasteiger partial charge is 0.292 e. The van der Waals surface area contributed by atoms with E-state index in [1.165, 1.54) is 4.68 Å². The summed E-state index contributed by atoms with van der Waals surface area (Å²) in [5.41, 5.74) is 4.08. The lowest BCUT2D eigenvalue weighted by atomic mass is 10.0. The molecule has 1 amide bonds. The highest BCUT2D eigenvalue weighted by molar-refractivity contribution is 6.04. The molecule has 0 unspecified atom stereocenters. The first-order valence-corrected chi connectivity index (χ1v) is 9.61. The third-order valence-corrected chi connectivity index (χ3v) is 4.81. The quantitative estimate of drug-likeness (QED) is 0.411. The van der Waals surface area contributed by atoms with Crippen molar-refractivity contribution in [2.45, 2.75) is 12.8 Å². The minimum atomic E-state index is -0.479. The van der Waals surface area contributed by atoms with Gasteiger partial charge in [0, 0.05) is 17.5 Å². The van der Waals surface area contributed by atoms with Crippen molar-refractivity contribution < 1.29 is 4.79 Å². The average molecular weight is 396 g/mol. The third-order valence-electron chi connectivity index (χ3n) is 4.81. The highest BCUT2D eigenvalue weighted by Gasteiger charge is 2.17. The maximum absolute atomic E-state index is 12.9. The Kier molecular flexibility index (Phi) is 5.48. The van der Waals surface area contributed by atoms with Gasteiger partial charge in [-0.2, -0.15) is 14.9 Å². The molecule has 0 fully saturated rings. The molecule has 0 bridgehead atoms. The zero-order valence-corrected chi connectivity index (χ0v) is 16.4. The van der Waals surface area contributed by atoms with Gasteiger partial charge in [-0.15, -0.1) is 0 Å². The van der Waals surface area contributed by atoms with E-state index < -0.39 is 5.91 Å². The zero-order chi connectivity index (χ0) is 20.9. The zero-order valence-electron chi connectivity index (χ0n) is 16.4. The van der Waals surface area contributed by atoms with E-state index in [0.29, 0.717) is 16.5 Å². The fourth-order valence-electron chi connectivity index (χ4n) is 3.20. The SMILES string of the molecule is C[C@@H](/C=N\NC(=O)c1nn(-c2ccccc2)c(=O)c2ccccc12)c1ccccc1. The first-order valence-electron chi connectivity index (χ1n) is 9.61. The molecule has 1 heterocycles. The summed E-state index contributed by atoms with van der Waals surface area (Å²) in [6, 6.07) is 25.8. The molecule has 0 radical (unpaired) electrons. The van der Waals surface area contributed by atoms with Crippen LogP contribution in [0.1, 0.15) is 28.9 Å². The molecule has 0 saturated carbocycles. The van der Waals surface area contributed by atoms with E-state index in [0.717, 1.165) is 5.56 Å². The number of aromatic nitrogens is 2. The van der Waals surface area contributed by atoms with Gasteiger partial charge in [0.2, 0.25) is 0 Å². The molecule has 1 atom stereocenters. The molecule has 0 saturated heterocycles. The third kappa shape index (κ3) is 3.89. The predicted molar refractivity (Wildman–Crippen MR) is 118 cm³/mol. The van der Waals surface area contributed by atoms with Gasteiger partial charge in [0.05, 0.1) is 11.1 Å². The van der Waals surface area contributed by atoms with E-state index in [-0.39, 0.29) is 17.2 Å². The fourth-order valence-corrected chi connectivity index (χ4v) is 3.20. The molecule has 148 valence electrons. The van der Waals surface area contributed by atoms with Crippen LogP contribution in [0.3, 0.4) is 0 Å². The summed E-state index contributed by atoms with van der Waals surface area (Å²) < 4.78 is 1.24. The maximum atomic E-state index is 12.9. The van der Waals surface area contributed by atoms with Gasteiger partial charge in [-0.25, -0.2) is 5.43 Å². The minimum Gasteiger partial charge on any atom is -0.267 e. The van der Waals surface area contributed by atoms with Crippen molar-refractivity contribution in [2.24, 2.45) is 5.10 Å². The Bertz CT molecular complexity index is 1260. The van der Waals surface area contributed by atoms with Crippen LogP contribution < -0.4 is 11.0 Å². The fraction of sp³-hybridized carbons (Fsp3) is 0.0833. The van der Waals surface area contributed by atoms with E-state index >= 15 is 0 Å². The van der Waals surface area contributed by atoms with Crippen molar-refractivity contribution in [3.05, 3.63) is 107 Å². The Morgan fingerprint density at radius 1 is 0.933 bits per heavy atom. The number of benzene rings is 3. The molecule has 4 aromatic rings. The molecular weight excluding hydrogens is 376 g/mol. The van der Waals surface area contributed by atoms with Crippen molar-refractivity contribution >= 4 is 22.9 Å². The second-order valence-electron chi connectivity index (χ2n) is 6.87. The molecule has 6 heteroatoms. The molecule has 3 aromatic carbocycles. The van der Waals surface area contributed by atoms with Crippen LogP contribution in [0.2, 0.25) is 0 Å². The normalized spacial score (nSPS) is 12.2. The summed E-state index contributed by atoms with van der Waals surface area (Å²) in [6.45, 7) is 1.99. The Labute approximate surface area is 173 Å². The highest BCUT2D eigenvalue weighted by Crippen LogP contribution is 2.15. The lowest BCUT2D eigenvalue weighted by Gasteiger charge is -2.10. The van der Waals surface area contributed by atoms with Gasteiger partial charge in [-0.05, 0) is 23.8 Å². The molecule has 0 aliphatic rings. The summed E-state index contributed by atoms with van der Waals surface area (Å²) in [6.07, 6.45) is 1.67. The van der Waals surface area contributed by atoms with Crippen LogP contribution in [0, 0.1) is 0 Å². The molecule has 4 rings (SSSR count). The van der Waals surface area contributed by atoms with Crippen LogP contribution in [0.15, 0.2) is 94.8 Å². The first kappa shape index (κ1) is 19.3. The number of carbonyl (C=O) groups is 1. The standard InChI is InChI=1S/C24H20N4O2/c1-17(18-10-4-2-5-11-18)16-25-26-23(29)22-20-14-8-9-15-21(20)24(30)28(27-22)19-12-6-3-7-13-19/h2-17H,1H3,(H,26,29)/b25-16-/t17-/m0/s1. The van der Waals surface area contributed by atoms with Gasteiger partial charge in [0.25, 0.3) is 11.5 Å². The number of fused-ring (bicyclic) bond motifs is 1. The van der Waals surface area contributed by atoms with E-state index in [1.807, 2.05) is 55.5 Å². The van der Waals surface area contributed by atoms with Crippen molar-refractivity contribution in [1.82, 2.24) is 15.2 Å². The van der Waals surface area contributed by atoms with E-state index in [9.17, 15) is 9.59 Å². The number of carbonyl (C=O) groups excluding carboxylic acids is 1. The van der Waals surface area contributed by atoms with Crippen molar-refractivity contribution in [1.29, 1.82) is 0 Å². The Morgan fingerprint density at radius 3 is 2.23 bits per heavy atom. The molecule has 30 heavy (non-hydrogen) atoms. The average Bonchev–Trinajstić information content (AvgIpc) is 2.80. The Balaban J connectivity index is 1.68. The smallest absolute Gasteiger partial charge is 0.267 e. The number of amides is 1. The second-order valence-corrected chi connectivity index (χ2v) is 6.87. The van der Waals surface area contributed by atoms with E-state index in [2.05, 4.69) is 15.6 Å². The van der Waals surface area contributed by atoms with Crippen LogP contribution in [-0.4, -0.2) is 21.9 Å².